The van der Waals surface area contributed by atoms with Crippen LogP contribution >= 0.6 is 23.2 Å². The number of hydrogen-bond donors (Lipinski definition) is 1. The van der Waals surface area contributed by atoms with Crippen molar-refractivity contribution in [2.24, 2.45) is 11.8 Å². The van der Waals surface area contributed by atoms with Gasteiger partial charge in [0.1, 0.15) is 0 Å². The van der Waals surface area contributed by atoms with Crippen LogP contribution in [-0.4, -0.2) is 6.54 Å². The van der Waals surface area contributed by atoms with E-state index in [1.165, 1.54) is 32.1 Å². The summed E-state index contributed by atoms with van der Waals surface area (Å²) in [6.45, 7) is 5.52. The molecule has 21 heavy (non-hydrogen) atoms. The van der Waals surface area contributed by atoms with E-state index in [0.29, 0.717) is 12.0 Å². The Morgan fingerprint density at radius 2 is 1.71 bits per heavy atom. The number of rotatable bonds is 6. The van der Waals surface area contributed by atoms with Gasteiger partial charge in [-0.25, -0.2) is 0 Å². The quantitative estimate of drug-likeness (QED) is 0.651. The second kappa shape index (κ2) is 8.41. The first kappa shape index (κ1) is 17.1. The molecule has 0 radical (unpaired) electrons. The summed E-state index contributed by atoms with van der Waals surface area (Å²) in [5.41, 5.74) is 1.11. The maximum atomic E-state index is 6.45. The van der Waals surface area contributed by atoms with Crippen molar-refractivity contribution in [3.05, 3.63) is 33.8 Å². The summed E-state index contributed by atoms with van der Waals surface area (Å²) in [5.74, 6) is 1.56. The largest absolute Gasteiger partial charge is 0.310 e. The van der Waals surface area contributed by atoms with Crippen molar-refractivity contribution in [3.8, 4) is 0 Å². The predicted molar refractivity (Wildman–Crippen MR) is 93.2 cm³/mol. The van der Waals surface area contributed by atoms with Crippen molar-refractivity contribution in [1.29, 1.82) is 0 Å². The maximum Gasteiger partial charge on any atom is 0.0468 e. The van der Waals surface area contributed by atoms with Crippen LogP contribution in [-0.2, 0) is 0 Å². The lowest BCUT2D eigenvalue weighted by Crippen LogP contribution is -2.32. The summed E-state index contributed by atoms with van der Waals surface area (Å²) < 4.78 is 0. The summed E-state index contributed by atoms with van der Waals surface area (Å²) in [6, 6.07) is 6.14. The van der Waals surface area contributed by atoms with Crippen LogP contribution in [0.4, 0.5) is 0 Å². The average Bonchev–Trinajstić information content (AvgIpc) is 2.50. The highest BCUT2D eigenvalue weighted by molar-refractivity contribution is 6.36. The summed E-state index contributed by atoms with van der Waals surface area (Å²) in [5, 5.41) is 5.30. The normalized spacial score (nSPS) is 24.0. The van der Waals surface area contributed by atoms with Crippen molar-refractivity contribution >= 4 is 23.2 Å². The van der Waals surface area contributed by atoms with Crippen LogP contribution in [0.2, 0.25) is 10.0 Å². The molecule has 0 spiro atoms. The Bertz CT molecular complexity index is 419. The fraction of sp³-hybridized carbons (Fsp3) is 0.667. The van der Waals surface area contributed by atoms with Crippen molar-refractivity contribution < 1.29 is 0 Å². The van der Waals surface area contributed by atoms with Crippen LogP contribution in [0.5, 0.6) is 0 Å². The lowest BCUT2D eigenvalue weighted by atomic mass is 9.76. The molecule has 0 saturated heterocycles. The summed E-state index contributed by atoms with van der Waals surface area (Å²) in [4.78, 5) is 0. The zero-order chi connectivity index (χ0) is 15.2. The third kappa shape index (κ3) is 4.37. The van der Waals surface area contributed by atoms with Gasteiger partial charge in [0.2, 0.25) is 0 Å². The minimum absolute atomic E-state index is 0.295. The Morgan fingerprint density at radius 3 is 2.24 bits per heavy atom. The van der Waals surface area contributed by atoms with Gasteiger partial charge in [0, 0.05) is 21.7 Å². The average molecular weight is 328 g/mol. The Balaban J connectivity index is 2.18. The van der Waals surface area contributed by atoms with E-state index in [1.54, 1.807) is 0 Å². The van der Waals surface area contributed by atoms with Crippen LogP contribution < -0.4 is 5.32 Å². The molecule has 1 aromatic rings. The van der Waals surface area contributed by atoms with Crippen molar-refractivity contribution in [1.82, 2.24) is 5.32 Å². The predicted octanol–water partition coefficient (Wildman–Crippen LogP) is 6.25. The molecule has 1 nitrogen and oxygen atoms in total. The van der Waals surface area contributed by atoms with E-state index in [0.717, 1.165) is 34.5 Å². The Morgan fingerprint density at radius 1 is 1.10 bits per heavy atom. The van der Waals surface area contributed by atoms with Crippen LogP contribution in [0.15, 0.2) is 18.2 Å². The first-order valence-corrected chi connectivity index (χ1v) is 9.10. The standard InChI is InChI=1S/C18H27Cl2N/c1-3-12-21-18(14-10-8-13(4-2)9-11-14)17-15(19)6-5-7-16(17)20/h5-7,13-14,18,21H,3-4,8-12H2,1-2H3. The molecule has 1 unspecified atom stereocenters. The number of hydrogen-bond acceptors (Lipinski definition) is 1. The van der Waals surface area contributed by atoms with Gasteiger partial charge in [-0.1, -0.05) is 62.4 Å². The van der Waals surface area contributed by atoms with Gasteiger partial charge in [-0.3, -0.25) is 0 Å². The molecule has 1 aliphatic rings. The van der Waals surface area contributed by atoms with Crippen molar-refractivity contribution in [2.45, 2.75) is 58.4 Å². The summed E-state index contributed by atoms with van der Waals surface area (Å²) in [6.07, 6.45) is 7.68. The number of nitrogens with one attached hydrogen (secondary N) is 1. The second-order valence-corrected chi connectivity index (χ2v) is 7.07. The van der Waals surface area contributed by atoms with Gasteiger partial charge in [0.15, 0.2) is 0 Å². The lowest BCUT2D eigenvalue weighted by Gasteiger charge is -2.35. The van der Waals surface area contributed by atoms with E-state index in [2.05, 4.69) is 19.2 Å². The fourth-order valence-electron chi connectivity index (χ4n) is 3.54. The van der Waals surface area contributed by atoms with E-state index in [-0.39, 0.29) is 0 Å². The van der Waals surface area contributed by atoms with Crippen LogP contribution in [0, 0.1) is 11.8 Å². The molecule has 0 bridgehead atoms. The van der Waals surface area contributed by atoms with Gasteiger partial charge < -0.3 is 5.32 Å². The van der Waals surface area contributed by atoms with E-state index in [1.807, 2.05) is 18.2 Å². The molecule has 118 valence electrons. The minimum Gasteiger partial charge on any atom is -0.310 e. The SMILES string of the molecule is CCCNC(c1c(Cl)cccc1Cl)C1CCC(CC)CC1. The Labute approximate surface area is 139 Å². The highest BCUT2D eigenvalue weighted by Crippen LogP contribution is 2.42. The summed E-state index contributed by atoms with van der Waals surface area (Å²) >= 11 is 12.9. The topological polar surface area (TPSA) is 12.0 Å². The molecule has 0 aliphatic heterocycles. The second-order valence-electron chi connectivity index (χ2n) is 6.26. The first-order valence-electron chi connectivity index (χ1n) is 8.34. The molecule has 1 fully saturated rings. The van der Waals surface area contributed by atoms with E-state index in [9.17, 15) is 0 Å². The van der Waals surface area contributed by atoms with E-state index >= 15 is 0 Å². The molecule has 0 aromatic heterocycles. The molecule has 0 heterocycles. The van der Waals surface area contributed by atoms with Crippen LogP contribution in [0.3, 0.4) is 0 Å². The Kier molecular flexibility index (Phi) is 6.85. The van der Waals surface area contributed by atoms with Gasteiger partial charge in [-0.05, 0) is 49.8 Å². The van der Waals surface area contributed by atoms with Gasteiger partial charge in [-0.15, -0.1) is 0 Å². The first-order chi connectivity index (χ1) is 10.2. The van der Waals surface area contributed by atoms with Crippen molar-refractivity contribution in [2.75, 3.05) is 6.54 Å². The van der Waals surface area contributed by atoms with Crippen LogP contribution in [0.1, 0.15) is 64.0 Å². The third-order valence-corrected chi connectivity index (χ3v) is 5.52. The maximum absolute atomic E-state index is 6.45. The molecule has 2 rings (SSSR count). The monoisotopic (exact) mass is 327 g/mol. The highest BCUT2D eigenvalue weighted by Gasteiger charge is 2.30. The number of halogens is 2. The molecule has 1 saturated carbocycles. The third-order valence-electron chi connectivity index (χ3n) is 4.87. The number of benzene rings is 1. The molecular weight excluding hydrogens is 301 g/mol. The minimum atomic E-state index is 0.295. The van der Waals surface area contributed by atoms with Gasteiger partial charge in [0.05, 0.1) is 0 Å². The van der Waals surface area contributed by atoms with Gasteiger partial charge >= 0.3 is 0 Å². The van der Waals surface area contributed by atoms with Gasteiger partial charge in [0.25, 0.3) is 0 Å². The van der Waals surface area contributed by atoms with Crippen LogP contribution in [0.25, 0.3) is 0 Å². The van der Waals surface area contributed by atoms with E-state index in [4.69, 9.17) is 23.2 Å². The smallest absolute Gasteiger partial charge is 0.0468 e. The highest BCUT2D eigenvalue weighted by atomic mass is 35.5. The molecule has 1 N–H and O–H groups in total. The molecule has 1 aromatic carbocycles. The molecule has 1 aliphatic carbocycles. The molecule has 0 amide bonds. The van der Waals surface area contributed by atoms with Crippen molar-refractivity contribution in [3.63, 3.8) is 0 Å². The molecular formula is C18H27Cl2N. The molecule has 1 atom stereocenters. The Hall–Kier alpha value is -0.240. The van der Waals surface area contributed by atoms with E-state index < -0.39 is 0 Å². The summed E-state index contributed by atoms with van der Waals surface area (Å²) in [7, 11) is 0. The fourth-order valence-corrected chi connectivity index (χ4v) is 4.17. The zero-order valence-corrected chi connectivity index (χ0v) is 14.7. The van der Waals surface area contributed by atoms with Gasteiger partial charge in [-0.2, -0.15) is 0 Å². The zero-order valence-electron chi connectivity index (χ0n) is 13.2. The lowest BCUT2D eigenvalue weighted by molar-refractivity contribution is 0.219. The molecule has 3 heteroatoms.